The van der Waals surface area contributed by atoms with Crippen molar-refractivity contribution < 1.29 is 58.9 Å². The largest absolute Gasteiger partial charge is 0.507 e. The minimum absolute atomic E-state index is 0.0544. The van der Waals surface area contributed by atoms with Gasteiger partial charge >= 0.3 is 11.8 Å². The number of esters is 1. The molecular formula is C42H56N4O12. The van der Waals surface area contributed by atoms with E-state index in [1.54, 1.807) is 44.9 Å². The van der Waals surface area contributed by atoms with E-state index in [-0.39, 0.29) is 44.5 Å². The summed E-state index contributed by atoms with van der Waals surface area (Å²) >= 11 is 0. The minimum atomic E-state index is -2.04. The van der Waals surface area contributed by atoms with E-state index in [9.17, 15) is 39.9 Å². The number of anilines is 1. The average Bonchev–Trinajstić information content (AvgIpc) is 3.46. The van der Waals surface area contributed by atoms with Crippen LogP contribution in [-0.2, 0) is 23.8 Å². The molecule has 0 radical (unpaired) electrons. The van der Waals surface area contributed by atoms with Gasteiger partial charge in [0.15, 0.2) is 5.75 Å². The highest BCUT2D eigenvalue weighted by Crippen LogP contribution is 2.55. The van der Waals surface area contributed by atoms with Crippen molar-refractivity contribution in [3.63, 3.8) is 0 Å². The Labute approximate surface area is 337 Å². The van der Waals surface area contributed by atoms with Crippen LogP contribution in [-0.4, -0.2) is 118 Å². The number of methoxy groups -OCH3 is 1. The Morgan fingerprint density at radius 1 is 0.966 bits per heavy atom. The van der Waals surface area contributed by atoms with Crippen LogP contribution in [0.15, 0.2) is 41.2 Å². The van der Waals surface area contributed by atoms with Gasteiger partial charge in [-0.2, -0.15) is 5.10 Å². The van der Waals surface area contributed by atoms with Crippen LogP contribution >= 0.6 is 0 Å². The normalized spacial score (nSPS) is 30.1. The van der Waals surface area contributed by atoms with Gasteiger partial charge in [0, 0.05) is 87.3 Å². The molecule has 2 aromatic rings. The van der Waals surface area contributed by atoms with Gasteiger partial charge in [0.1, 0.15) is 23.4 Å². The van der Waals surface area contributed by atoms with Crippen LogP contribution in [0, 0.1) is 30.6 Å². The van der Waals surface area contributed by atoms with Gasteiger partial charge in [-0.05, 0) is 19.9 Å². The number of ether oxygens (including phenoxy) is 4. The molecule has 1 amide bonds. The number of aromatic hydroxyl groups is 3. The molecule has 1 saturated heterocycles. The summed E-state index contributed by atoms with van der Waals surface area (Å²) in [5.74, 6) is -8.36. The number of nitrogens with one attached hydrogen (secondary N) is 2. The topological polar surface area (TPSA) is 229 Å². The number of carbonyl (C=O) groups excluding carboxylic acids is 3. The fraction of sp³-hybridized carbons (Fsp3) is 0.524. The number of piperazine rings is 1. The summed E-state index contributed by atoms with van der Waals surface area (Å²) in [6.07, 6.45) is 4.83. The van der Waals surface area contributed by atoms with E-state index in [1.165, 1.54) is 59.4 Å². The Morgan fingerprint density at radius 2 is 1.64 bits per heavy atom. The number of hydrazone groups is 1. The quantitative estimate of drug-likeness (QED) is 0.100. The molecule has 4 heterocycles. The van der Waals surface area contributed by atoms with Crippen LogP contribution < -0.4 is 15.4 Å². The smallest absolute Gasteiger partial charge is 0.312 e. The number of amides is 1. The van der Waals surface area contributed by atoms with Crippen LogP contribution in [0.4, 0.5) is 5.69 Å². The minimum Gasteiger partial charge on any atom is -0.507 e. The average molecular weight is 809 g/mol. The summed E-state index contributed by atoms with van der Waals surface area (Å²) in [4.78, 5) is 40.4. The third-order valence-electron chi connectivity index (χ3n) is 11.5. The molecule has 1 fully saturated rings. The van der Waals surface area contributed by atoms with Crippen molar-refractivity contribution in [2.45, 2.75) is 85.6 Å². The maximum atomic E-state index is 14.4. The number of phenolic OH excluding ortho intramolecular Hbond substituents is 3. The summed E-state index contributed by atoms with van der Waals surface area (Å²) in [5, 5.41) is 69.8. The molecule has 16 heteroatoms. The Hall–Kier alpha value is -5.16. The van der Waals surface area contributed by atoms with Crippen LogP contribution in [0.3, 0.4) is 0 Å². The summed E-state index contributed by atoms with van der Waals surface area (Å²) in [6.45, 7) is 14.9. The van der Waals surface area contributed by atoms with Gasteiger partial charge in [-0.15, -0.1) is 0 Å². The number of hydrogen-bond acceptors (Lipinski definition) is 15. The number of carbonyl (C=O) groups is 3. The van der Waals surface area contributed by atoms with Gasteiger partial charge < -0.3 is 55.1 Å². The first-order valence-electron chi connectivity index (χ1n) is 19.4. The lowest BCUT2D eigenvalue weighted by Crippen LogP contribution is -2.46. The zero-order valence-corrected chi connectivity index (χ0v) is 34.4. The molecule has 0 unspecified atom stereocenters. The summed E-state index contributed by atoms with van der Waals surface area (Å²) in [6, 6.07) is 0. The van der Waals surface area contributed by atoms with Crippen molar-refractivity contribution in [3.05, 3.63) is 52.8 Å². The predicted molar refractivity (Wildman–Crippen MR) is 216 cm³/mol. The molecule has 5 bridgehead atoms. The second-order valence-corrected chi connectivity index (χ2v) is 15.6. The number of allylic oxidation sites excluding steroid dienone is 2. The van der Waals surface area contributed by atoms with E-state index in [2.05, 4.69) is 15.7 Å². The molecule has 7 N–H and O–H groups in total. The lowest BCUT2D eigenvalue weighted by atomic mass is 9.78. The van der Waals surface area contributed by atoms with Crippen molar-refractivity contribution in [1.82, 2.24) is 10.3 Å². The first-order valence-corrected chi connectivity index (χ1v) is 19.4. The SMILES string of the molecule is CO[C@H]1C=CO[C@@]2(C)Oc3c(C)c(O)c4c(O)c(c(C=NN5CCNCC5)c(O)c4c3C2=O)NC(=O)C(C)=CC=C[C@H](C)[C@H](O)[C@@H](C)[C@@H](O)[C@@H](C)[C@H](OC(C)=O)[C@@H]1C. The van der Waals surface area contributed by atoms with Gasteiger partial charge in [-0.1, -0.05) is 45.9 Å². The van der Waals surface area contributed by atoms with Crippen LogP contribution in [0.25, 0.3) is 10.8 Å². The highest BCUT2D eigenvalue weighted by atomic mass is 16.7. The molecule has 58 heavy (non-hydrogen) atoms. The zero-order chi connectivity index (χ0) is 42.8. The predicted octanol–water partition coefficient (Wildman–Crippen LogP) is 3.99. The van der Waals surface area contributed by atoms with Crippen molar-refractivity contribution in [2.75, 3.05) is 38.6 Å². The third-order valence-corrected chi connectivity index (χ3v) is 11.5. The Morgan fingerprint density at radius 3 is 2.28 bits per heavy atom. The maximum absolute atomic E-state index is 14.4. The van der Waals surface area contributed by atoms with Gasteiger partial charge in [-0.3, -0.25) is 19.4 Å². The number of phenols is 3. The lowest BCUT2D eigenvalue weighted by Gasteiger charge is -2.38. The van der Waals surface area contributed by atoms with Gasteiger partial charge in [0.2, 0.25) is 0 Å². The molecule has 0 aromatic heterocycles. The van der Waals surface area contributed by atoms with Crippen LogP contribution in [0.1, 0.15) is 70.0 Å². The molecule has 0 spiro atoms. The van der Waals surface area contributed by atoms with Crippen LogP contribution in [0.2, 0.25) is 0 Å². The number of Topliss-reactive ketones (excluding diaryl/α,β-unsaturated/α-hetero) is 1. The number of ketones is 1. The monoisotopic (exact) mass is 808 g/mol. The first-order chi connectivity index (χ1) is 27.3. The van der Waals surface area contributed by atoms with Gasteiger partial charge in [-0.25, -0.2) is 0 Å². The van der Waals surface area contributed by atoms with E-state index in [0.717, 1.165) is 0 Å². The highest BCUT2D eigenvalue weighted by molar-refractivity contribution is 6.23. The number of fused-ring (bicyclic) bond motifs is 14. The van der Waals surface area contributed by atoms with Crippen molar-refractivity contribution in [3.8, 4) is 23.0 Å². The van der Waals surface area contributed by atoms with E-state index in [4.69, 9.17) is 18.9 Å². The van der Waals surface area contributed by atoms with Crippen molar-refractivity contribution >= 4 is 40.3 Å². The molecule has 16 nitrogen and oxygen atoms in total. The van der Waals surface area contributed by atoms with Crippen LogP contribution in [0.5, 0.6) is 23.0 Å². The molecule has 0 saturated carbocycles. The molecule has 316 valence electrons. The number of benzene rings is 2. The van der Waals surface area contributed by atoms with E-state index in [0.29, 0.717) is 26.2 Å². The maximum Gasteiger partial charge on any atom is 0.312 e. The molecule has 4 aliphatic rings. The van der Waals surface area contributed by atoms with Crippen molar-refractivity contribution in [2.24, 2.45) is 28.8 Å². The molecule has 2 aromatic carbocycles. The van der Waals surface area contributed by atoms with E-state index in [1.807, 2.05) is 0 Å². The summed E-state index contributed by atoms with van der Waals surface area (Å²) < 4.78 is 23.6. The Kier molecular flexibility index (Phi) is 13.5. The van der Waals surface area contributed by atoms with Crippen molar-refractivity contribution in [1.29, 1.82) is 0 Å². The first kappa shape index (κ1) is 44.0. The Balaban J connectivity index is 1.71. The fourth-order valence-electron chi connectivity index (χ4n) is 7.78. The highest BCUT2D eigenvalue weighted by Gasteiger charge is 2.50. The molecule has 0 aliphatic carbocycles. The van der Waals surface area contributed by atoms with E-state index >= 15 is 0 Å². The number of hydrogen-bond donors (Lipinski definition) is 7. The molecule has 9 atom stereocenters. The standard InChI is InChI=1S/C42H56N4O12/c1-20-11-10-12-21(2)41(54)45-32-27(19-44-46-16-14-43-15-17-46)36(51)29-30(37(32)52)35(50)25(6)39-31(29)40(53)42(8,58-39)56-18-13-28(55-9)22(3)38(57-26(7)47)24(5)34(49)23(4)33(20)48/h10-13,18-20,22-24,28,33-34,38,43,48-52H,14-17H2,1-9H3,(H,45,54)/t20-,22+,23+,24+,28-,33-,34+,38+,42-/m0/s1. The molecule has 4 aliphatic heterocycles. The number of nitrogens with zero attached hydrogens (tertiary/aromatic N) is 2. The fourth-order valence-corrected chi connectivity index (χ4v) is 7.78. The second-order valence-electron chi connectivity index (χ2n) is 15.6. The third kappa shape index (κ3) is 8.51. The molecular weight excluding hydrogens is 752 g/mol. The number of aliphatic hydroxyl groups is 2. The summed E-state index contributed by atoms with van der Waals surface area (Å²) in [7, 11) is 1.44. The van der Waals surface area contributed by atoms with Gasteiger partial charge in [0.25, 0.3) is 11.7 Å². The molecule has 6 rings (SSSR count). The lowest BCUT2D eigenvalue weighted by molar-refractivity contribution is -0.160. The Bertz CT molecular complexity index is 2040. The zero-order valence-electron chi connectivity index (χ0n) is 34.4. The number of aliphatic hydroxyl groups excluding tert-OH is 2. The summed E-state index contributed by atoms with van der Waals surface area (Å²) in [5.41, 5.74) is -0.364. The second kappa shape index (κ2) is 17.8. The number of rotatable bonds is 4. The van der Waals surface area contributed by atoms with E-state index < -0.39 is 88.8 Å². The van der Waals surface area contributed by atoms with Gasteiger partial charge in [0.05, 0.1) is 53.0 Å².